The van der Waals surface area contributed by atoms with Gasteiger partial charge in [0.15, 0.2) is 5.65 Å². The van der Waals surface area contributed by atoms with Gasteiger partial charge in [0.2, 0.25) is 0 Å². The number of fused-ring (bicyclic) bond motifs is 1. The van der Waals surface area contributed by atoms with E-state index in [-0.39, 0.29) is 11.7 Å². The molecule has 5 nitrogen and oxygen atoms in total. The summed E-state index contributed by atoms with van der Waals surface area (Å²) in [4.78, 5) is 21.0. The molecule has 0 bridgehead atoms. The lowest BCUT2D eigenvalue weighted by Gasteiger charge is -2.06. The van der Waals surface area contributed by atoms with E-state index >= 15 is 0 Å². The van der Waals surface area contributed by atoms with Crippen LogP contribution in [0, 0.1) is 12.7 Å². The Kier molecular flexibility index (Phi) is 4.06. The average Bonchev–Trinajstić information content (AvgIpc) is 2.84. The van der Waals surface area contributed by atoms with Gasteiger partial charge in [0.1, 0.15) is 17.2 Å². The van der Waals surface area contributed by atoms with Crippen molar-refractivity contribution in [1.29, 1.82) is 0 Å². The minimum Gasteiger partial charge on any atom is -0.352 e. The molecule has 0 aliphatic rings. The lowest BCUT2D eigenvalue weighted by molar-refractivity contribution is 0.0955. The van der Waals surface area contributed by atoms with Crippen molar-refractivity contribution in [3.8, 4) is 0 Å². The molecule has 0 fully saturated rings. The Morgan fingerprint density at radius 1 is 1.26 bits per heavy atom. The van der Waals surface area contributed by atoms with Crippen molar-refractivity contribution in [2.75, 3.05) is 6.54 Å². The number of aryl methyl sites for hydroxylation is 2. The summed E-state index contributed by atoms with van der Waals surface area (Å²) < 4.78 is 14.7. The number of aromatic nitrogens is 3. The highest BCUT2D eigenvalue weighted by Crippen LogP contribution is 2.16. The van der Waals surface area contributed by atoms with Gasteiger partial charge in [-0.05, 0) is 37.1 Å². The molecule has 0 radical (unpaired) electrons. The number of benzene rings is 1. The fraction of sp³-hybridized carbons (Fsp3) is 0.235. The number of imidazole rings is 1. The summed E-state index contributed by atoms with van der Waals surface area (Å²) in [6.45, 7) is 2.35. The number of amides is 1. The van der Waals surface area contributed by atoms with E-state index in [9.17, 15) is 9.18 Å². The van der Waals surface area contributed by atoms with Crippen LogP contribution in [0.3, 0.4) is 0 Å². The average molecular weight is 312 g/mol. The van der Waals surface area contributed by atoms with E-state index < -0.39 is 0 Å². The van der Waals surface area contributed by atoms with E-state index in [0.717, 1.165) is 11.4 Å². The van der Waals surface area contributed by atoms with Gasteiger partial charge < -0.3 is 9.88 Å². The van der Waals surface area contributed by atoms with Crippen molar-refractivity contribution in [3.63, 3.8) is 0 Å². The molecule has 1 amide bonds. The molecular formula is C17H17FN4O. The van der Waals surface area contributed by atoms with Crippen molar-refractivity contribution in [2.24, 2.45) is 7.05 Å². The molecule has 3 rings (SSSR count). The molecule has 6 heteroatoms. The molecule has 0 atom stereocenters. The van der Waals surface area contributed by atoms with E-state index in [2.05, 4.69) is 15.3 Å². The predicted octanol–water partition coefficient (Wildman–Crippen LogP) is 2.39. The topological polar surface area (TPSA) is 59.8 Å². The number of pyridine rings is 1. The van der Waals surface area contributed by atoms with Crippen LogP contribution in [0.1, 0.15) is 21.7 Å². The van der Waals surface area contributed by atoms with E-state index in [1.807, 2.05) is 18.5 Å². The van der Waals surface area contributed by atoms with Crippen molar-refractivity contribution in [3.05, 3.63) is 59.3 Å². The van der Waals surface area contributed by atoms with Crippen LogP contribution in [0.25, 0.3) is 11.2 Å². The van der Waals surface area contributed by atoms with Gasteiger partial charge in [0.25, 0.3) is 5.91 Å². The van der Waals surface area contributed by atoms with Gasteiger partial charge in [-0.2, -0.15) is 0 Å². The second-order valence-electron chi connectivity index (χ2n) is 5.38. The maximum absolute atomic E-state index is 12.9. The molecule has 2 aromatic heterocycles. The number of carbonyl (C=O) groups is 1. The molecule has 2 heterocycles. The molecule has 23 heavy (non-hydrogen) atoms. The van der Waals surface area contributed by atoms with E-state index in [1.54, 1.807) is 24.4 Å². The number of rotatable bonds is 4. The highest BCUT2D eigenvalue weighted by atomic mass is 19.1. The summed E-state index contributed by atoms with van der Waals surface area (Å²) in [5.74, 6) is 0.360. The number of hydrogen-bond donors (Lipinski definition) is 1. The van der Waals surface area contributed by atoms with Gasteiger partial charge in [-0.25, -0.2) is 14.4 Å². The minimum absolute atomic E-state index is 0.183. The van der Waals surface area contributed by atoms with Gasteiger partial charge in [-0.15, -0.1) is 0 Å². The fourth-order valence-corrected chi connectivity index (χ4v) is 2.44. The van der Waals surface area contributed by atoms with Crippen molar-refractivity contribution in [1.82, 2.24) is 19.9 Å². The summed E-state index contributed by atoms with van der Waals surface area (Å²) in [6.07, 6.45) is 2.25. The second kappa shape index (κ2) is 6.16. The zero-order chi connectivity index (χ0) is 16.4. The fourth-order valence-electron chi connectivity index (χ4n) is 2.44. The zero-order valence-electron chi connectivity index (χ0n) is 13.0. The molecule has 0 saturated heterocycles. The maximum Gasteiger partial charge on any atom is 0.253 e. The normalized spacial score (nSPS) is 10.9. The maximum atomic E-state index is 12.9. The minimum atomic E-state index is -0.262. The van der Waals surface area contributed by atoms with Crippen molar-refractivity contribution >= 4 is 17.1 Å². The van der Waals surface area contributed by atoms with Gasteiger partial charge in [0, 0.05) is 19.8 Å². The van der Waals surface area contributed by atoms with E-state index in [1.165, 1.54) is 12.1 Å². The number of halogens is 1. The van der Waals surface area contributed by atoms with Crippen LogP contribution < -0.4 is 5.32 Å². The SMILES string of the molecule is Cc1nc2c(C(=O)NCCc3ccc(F)cc3)ccnc2n1C. The van der Waals surface area contributed by atoms with Crippen LogP contribution in [0.4, 0.5) is 4.39 Å². The Hall–Kier alpha value is -2.76. The Bertz CT molecular complexity index is 855. The zero-order valence-corrected chi connectivity index (χ0v) is 13.0. The quantitative estimate of drug-likeness (QED) is 0.804. The third kappa shape index (κ3) is 3.06. The number of hydrogen-bond acceptors (Lipinski definition) is 3. The first-order chi connectivity index (χ1) is 11.1. The molecular weight excluding hydrogens is 295 g/mol. The van der Waals surface area contributed by atoms with Crippen LogP contribution in [-0.2, 0) is 13.5 Å². The number of nitrogens with zero attached hydrogens (tertiary/aromatic N) is 3. The van der Waals surface area contributed by atoms with E-state index in [4.69, 9.17) is 0 Å². The summed E-state index contributed by atoms with van der Waals surface area (Å²) in [7, 11) is 1.87. The molecule has 1 aromatic carbocycles. The summed E-state index contributed by atoms with van der Waals surface area (Å²) in [6, 6.07) is 7.94. The van der Waals surface area contributed by atoms with Crippen LogP contribution in [0.2, 0.25) is 0 Å². The standard InChI is InChI=1S/C17H17FN4O/c1-11-21-15-14(8-10-19-16(15)22(11)2)17(23)20-9-7-12-3-5-13(18)6-4-12/h3-6,8,10H,7,9H2,1-2H3,(H,20,23). The van der Waals surface area contributed by atoms with Crippen LogP contribution >= 0.6 is 0 Å². The molecule has 0 aliphatic heterocycles. The van der Waals surface area contributed by atoms with Gasteiger partial charge in [-0.1, -0.05) is 12.1 Å². The molecule has 0 unspecified atom stereocenters. The van der Waals surface area contributed by atoms with Gasteiger partial charge >= 0.3 is 0 Å². The molecule has 118 valence electrons. The summed E-state index contributed by atoms with van der Waals surface area (Å²) in [5, 5.41) is 2.87. The number of carbonyl (C=O) groups excluding carboxylic acids is 1. The summed E-state index contributed by atoms with van der Waals surface area (Å²) in [5.41, 5.74) is 2.78. The third-order valence-electron chi connectivity index (χ3n) is 3.84. The molecule has 1 N–H and O–H groups in total. The lowest BCUT2D eigenvalue weighted by Crippen LogP contribution is -2.26. The summed E-state index contributed by atoms with van der Waals surface area (Å²) >= 11 is 0. The van der Waals surface area contributed by atoms with Crippen LogP contribution in [-0.4, -0.2) is 27.0 Å². The third-order valence-corrected chi connectivity index (χ3v) is 3.84. The Morgan fingerprint density at radius 2 is 2.00 bits per heavy atom. The van der Waals surface area contributed by atoms with Crippen molar-refractivity contribution < 1.29 is 9.18 Å². The number of nitrogens with one attached hydrogen (secondary N) is 1. The molecule has 0 spiro atoms. The van der Waals surface area contributed by atoms with Gasteiger partial charge in [-0.3, -0.25) is 4.79 Å². The Labute approximate surface area is 133 Å². The Morgan fingerprint density at radius 3 is 2.74 bits per heavy atom. The molecule has 3 aromatic rings. The lowest BCUT2D eigenvalue weighted by atomic mass is 10.1. The smallest absolute Gasteiger partial charge is 0.253 e. The molecule has 0 aliphatic carbocycles. The van der Waals surface area contributed by atoms with Gasteiger partial charge in [0.05, 0.1) is 5.56 Å². The van der Waals surface area contributed by atoms with Crippen LogP contribution in [0.15, 0.2) is 36.5 Å². The highest BCUT2D eigenvalue weighted by Gasteiger charge is 2.15. The Balaban J connectivity index is 1.71. The first-order valence-corrected chi connectivity index (χ1v) is 7.37. The highest BCUT2D eigenvalue weighted by molar-refractivity contribution is 6.04. The van der Waals surface area contributed by atoms with Crippen molar-refractivity contribution in [2.45, 2.75) is 13.3 Å². The largest absolute Gasteiger partial charge is 0.352 e. The monoisotopic (exact) mass is 312 g/mol. The second-order valence-corrected chi connectivity index (χ2v) is 5.38. The van der Waals surface area contributed by atoms with Crippen LogP contribution in [0.5, 0.6) is 0 Å². The van der Waals surface area contributed by atoms with E-state index in [0.29, 0.717) is 29.7 Å². The predicted molar refractivity (Wildman–Crippen MR) is 85.7 cm³/mol. The molecule has 0 saturated carbocycles. The first-order valence-electron chi connectivity index (χ1n) is 7.37. The first kappa shape index (κ1) is 15.1.